The first-order valence-corrected chi connectivity index (χ1v) is 12.2. The van der Waals surface area contributed by atoms with E-state index in [1.165, 1.54) is 32.3 Å². The third-order valence-corrected chi connectivity index (χ3v) is 8.04. The second kappa shape index (κ2) is 9.44. The van der Waals surface area contributed by atoms with Crippen LogP contribution in [0.3, 0.4) is 0 Å². The van der Waals surface area contributed by atoms with Gasteiger partial charge in [0.05, 0.1) is 20.4 Å². The molecule has 0 aromatic heterocycles. The number of nitrogens with one attached hydrogen (secondary N) is 2. The van der Waals surface area contributed by atoms with Crippen molar-refractivity contribution in [1.29, 1.82) is 0 Å². The van der Waals surface area contributed by atoms with Gasteiger partial charge in [-0.2, -0.15) is 0 Å². The maximum atomic E-state index is 12.5. The van der Waals surface area contributed by atoms with Gasteiger partial charge in [-0.15, -0.1) is 0 Å². The molecule has 0 saturated heterocycles. The van der Waals surface area contributed by atoms with Gasteiger partial charge in [-0.1, -0.05) is 23.7 Å². The summed E-state index contributed by atoms with van der Waals surface area (Å²) in [7, 11) is -4.70. The fraction of sp³-hybridized carbons (Fsp3) is 0.316. The number of aryl methyl sites for hydroxylation is 2. The molecule has 0 aliphatic rings. The second-order valence-electron chi connectivity index (χ2n) is 6.85. The number of amides is 1. The molecule has 0 fully saturated rings. The summed E-state index contributed by atoms with van der Waals surface area (Å²) in [4.78, 5) is 12.5. The molecule has 0 unspecified atom stereocenters. The Morgan fingerprint density at radius 3 is 2.30 bits per heavy atom. The summed E-state index contributed by atoms with van der Waals surface area (Å²) >= 11 is 6.04. The molecule has 0 aliphatic carbocycles. The standard InChI is InChI=1S/C19H24ClN3O5S2/c1-13-5-6-14(2)18(11-13)29(25,26)22-10-9-21-19(24)16-12-15(7-8-17(16)20)30(27,28)23(3)4/h5-8,11-12,22H,9-10H2,1-4H3,(H,21,24). The number of sulfonamides is 2. The summed E-state index contributed by atoms with van der Waals surface area (Å²) in [6, 6.07) is 8.95. The van der Waals surface area contributed by atoms with Gasteiger partial charge >= 0.3 is 0 Å². The van der Waals surface area contributed by atoms with Crippen molar-refractivity contribution in [3.63, 3.8) is 0 Å². The van der Waals surface area contributed by atoms with Crippen molar-refractivity contribution in [2.24, 2.45) is 0 Å². The molecule has 2 rings (SSSR count). The molecule has 164 valence electrons. The minimum atomic E-state index is -3.73. The van der Waals surface area contributed by atoms with Gasteiger partial charge in [-0.05, 0) is 49.2 Å². The van der Waals surface area contributed by atoms with Gasteiger partial charge in [0.2, 0.25) is 20.0 Å². The first kappa shape index (κ1) is 24.3. The average Bonchev–Trinajstić information content (AvgIpc) is 2.67. The van der Waals surface area contributed by atoms with E-state index in [1.54, 1.807) is 26.0 Å². The molecule has 2 aromatic carbocycles. The number of nitrogens with zero attached hydrogens (tertiary/aromatic N) is 1. The number of halogens is 1. The molecule has 0 aliphatic heterocycles. The van der Waals surface area contributed by atoms with Crippen LogP contribution in [0.15, 0.2) is 46.2 Å². The smallest absolute Gasteiger partial charge is 0.252 e. The molecule has 2 aromatic rings. The fourth-order valence-electron chi connectivity index (χ4n) is 2.58. The lowest BCUT2D eigenvalue weighted by Crippen LogP contribution is -2.35. The third-order valence-electron chi connectivity index (χ3n) is 4.30. The Bertz CT molecular complexity index is 1160. The number of hydrogen-bond donors (Lipinski definition) is 2. The fourth-order valence-corrected chi connectivity index (χ4v) is 5.07. The Morgan fingerprint density at radius 1 is 1.00 bits per heavy atom. The van der Waals surface area contributed by atoms with Crippen LogP contribution in [-0.4, -0.2) is 54.2 Å². The van der Waals surface area contributed by atoms with E-state index in [4.69, 9.17) is 11.6 Å². The van der Waals surface area contributed by atoms with Crippen molar-refractivity contribution in [2.45, 2.75) is 23.6 Å². The minimum Gasteiger partial charge on any atom is -0.351 e. The van der Waals surface area contributed by atoms with Crippen LogP contribution in [0.25, 0.3) is 0 Å². The summed E-state index contributed by atoms with van der Waals surface area (Å²) in [6.45, 7) is 3.44. The second-order valence-corrected chi connectivity index (χ2v) is 11.1. The summed E-state index contributed by atoms with van der Waals surface area (Å²) < 4.78 is 52.9. The summed E-state index contributed by atoms with van der Waals surface area (Å²) in [5, 5.41) is 2.62. The van der Waals surface area contributed by atoms with E-state index in [0.717, 1.165) is 9.87 Å². The first-order valence-electron chi connectivity index (χ1n) is 8.93. The molecule has 2 N–H and O–H groups in total. The number of carbonyl (C=O) groups is 1. The number of rotatable bonds is 8. The quantitative estimate of drug-likeness (QED) is 0.569. The van der Waals surface area contributed by atoms with Gasteiger partial charge in [0.15, 0.2) is 0 Å². The topological polar surface area (TPSA) is 113 Å². The molecule has 0 bridgehead atoms. The number of hydrogen-bond acceptors (Lipinski definition) is 5. The average molecular weight is 474 g/mol. The van der Waals surface area contributed by atoms with Gasteiger partial charge in [-0.3, -0.25) is 4.79 Å². The minimum absolute atomic E-state index is 0.0100. The van der Waals surface area contributed by atoms with Crippen molar-refractivity contribution in [1.82, 2.24) is 14.3 Å². The zero-order valence-corrected chi connectivity index (χ0v) is 19.5. The van der Waals surface area contributed by atoms with E-state index in [0.29, 0.717) is 5.56 Å². The third kappa shape index (κ3) is 5.58. The highest BCUT2D eigenvalue weighted by atomic mass is 35.5. The number of carbonyl (C=O) groups excluding carboxylic acids is 1. The van der Waals surface area contributed by atoms with Crippen LogP contribution in [0.4, 0.5) is 0 Å². The lowest BCUT2D eigenvalue weighted by molar-refractivity contribution is 0.0954. The summed E-state index contributed by atoms with van der Waals surface area (Å²) in [5.41, 5.74) is 1.41. The summed E-state index contributed by atoms with van der Waals surface area (Å²) in [5.74, 6) is -0.609. The van der Waals surface area contributed by atoms with Crippen LogP contribution in [0.1, 0.15) is 21.5 Å². The van der Waals surface area contributed by atoms with Gasteiger partial charge in [0, 0.05) is 27.2 Å². The summed E-state index contributed by atoms with van der Waals surface area (Å²) in [6.07, 6.45) is 0. The SMILES string of the molecule is Cc1ccc(C)c(S(=O)(=O)NCCNC(=O)c2cc(S(=O)(=O)N(C)C)ccc2Cl)c1. The Labute approximate surface area is 182 Å². The van der Waals surface area contributed by atoms with E-state index < -0.39 is 26.0 Å². The first-order chi connectivity index (χ1) is 13.9. The predicted octanol–water partition coefficient (Wildman–Crippen LogP) is 1.92. The molecule has 8 nitrogen and oxygen atoms in total. The van der Waals surface area contributed by atoms with Crippen LogP contribution >= 0.6 is 11.6 Å². The monoisotopic (exact) mass is 473 g/mol. The lowest BCUT2D eigenvalue weighted by Gasteiger charge is -2.14. The molecular formula is C19H24ClN3O5S2. The molecule has 30 heavy (non-hydrogen) atoms. The van der Waals surface area contributed by atoms with Gasteiger partial charge in [-0.25, -0.2) is 25.9 Å². The van der Waals surface area contributed by atoms with E-state index in [9.17, 15) is 21.6 Å². The van der Waals surface area contributed by atoms with Crippen molar-refractivity contribution in [3.05, 3.63) is 58.1 Å². The molecule has 0 saturated carbocycles. The van der Waals surface area contributed by atoms with Gasteiger partial charge in [0.1, 0.15) is 0 Å². The molecule has 0 radical (unpaired) electrons. The lowest BCUT2D eigenvalue weighted by atomic mass is 10.2. The van der Waals surface area contributed by atoms with E-state index >= 15 is 0 Å². The molecule has 1 amide bonds. The highest BCUT2D eigenvalue weighted by molar-refractivity contribution is 7.89. The van der Waals surface area contributed by atoms with E-state index in [-0.39, 0.29) is 33.5 Å². The van der Waals surface area contributed by atoms with Crippen LogP contribution in [0.5, 0.6) is 0 Å². The van der Waals surface area contributed by atoms with Crippen LogP contribution in [0, 0.1) is 13.8 Å². The van der Waals surface area contributed by atoms with Gasteiger partial charge < -0.3 is 5.32 Å². The van der Waals surface area contributed by atoms with E-state index in [2.05, 4.69) is 10.0 Å². The normalized spacial score (nSPS) is 12.2. The molecular weight excluding hydrogens is 450 g/mol. The Hall–Kier alpha value is -1.98. The number of benzene rings is 2. The van der Waals surface area contributed by atoms with Crippen molar-refractivity contribution >= 4 is 37.6 Å². The maximum Gasteiger partial charge on any atom is 0.252 e. The predicted molar refractivity (Wildman–Crippen MR) is 116 cm³/mol. The van der Waals surface area contributed by atoms with E-state index in [1.807, 2.05) is 6.07 Å². The highest BCUT2D eigenvalue weighted by Gasteiger charge is 2.21. The van der Waals surface area contributed by atoms with Crippen LogP contribution < -0.4 is 10.0 Å². The Morgan fingerprint density at radius 2 is 1.67 bits per heavy atom. The molecule has 0 atom stereocenters. The molecule has 11 heteroatoms. The molecule has 0 spiro atoms. The van der Waals surface area contributed by atoms with Gasteiger partial charge in [0.25, 0.3) is 5.91 Å². The van der Waals surface area contributed by atoms with Crippen molar-refractivity contribution in [3.8, 4) is 0 Å². The van der Waals surface area contributed by atoms with Crippen LogP contribution in [0.2, 0.25) is 5.02 Å². The Balaban J connectivity index is 2.06. The highest BCUT2D eigenvalue weighted by Crippen LogP contribution is 2.22. The van der Waals surface area contributed by atoms with Crippen LogP contribution in [-0.2, 0) is 20.0 Å². The van der Waals surface area contributed by atoms with Crippen molar-refractivity contribution < 1.29 is 21.6 Å². The zero-order valence-electron chi connectivity index (χ0n) is 17.1. The largest absolute Gasteiger partial charge is 0.351 e. The Kier molecular flexibility index (Phi) is 7.64. The van der Waals surface area contributed by atoms with Crippen molar-refractivity contribution in [2.75, 3.05) is 27.2 Å². The molecule has 0 heterocycles. The maximum absolute atomic E-state index is 12.5. The zero-order chi connectivity index (χ0) is 22.7.